The largest absolute Gasteiger partial charge is 0.339 e. The molecule has 2 amide bonds. The molecule has 0 unspecified atom stereocenters. The van der Waals surface area contributed by atoms with Gasteiger partial charge in [0.25, 0.3) is 0 Å². The summed E-state index contributed by atoms with van der Waals surface area (Å²) in [5.74, 6) is 1.36. The molecule has 1 saturated heterocycles. The molecule has 3 rings (SSSR count). The molecule has 1 aliphatic rings. The molecular formula is C15H19N5O2. The topological polar surface area (TPSA) is 75.4 Å². The molecule has 0 spiro atoms. The fourth-order valence-electron chi connectivity index (χ4n) is 2.60. The normalized spacial score (nSPS) is 15.8. The van der Waals surface area contributed by atoms with Crippen molar-refractivity contribution in [2.24, 2.45) is 0 Å². The van der Waals surface area contributed by atoms with Gasteiger partial charge in [-0.1, -0.05) is 11.2 Å². The molecule has 7 nitrogen and oxygen atoms in total. The van der Waals surface area contributed by atoms with E-state index in [1.54, 1.807) is 25.2 Å². The minimum absolute atomic E-state index is 0.0538. The average molecular weight is 301 g/mol. The van der Waals surface area contributed by atoms with Crippen LogP contribution in [-0.2, 0) is 0 Å². The Morgan fingerprint density at radius 1 is 1.32 bits per heavy atom. The average Bonchev–Trinajstić information content (AvgIpc) is 3.05. The Hall–Kier alpha value is -2.44. The van der Waals surface area contributed by atoms with Crippen LogP contribution in [0.2, 0.25) is 0 Å². The first-order valence-corrected chi connectivity index (χ1v) is 7.36. The van der Waals surface area contributed by atoms with E-state index >= 15 is 0 Å². The second-order valence-corrected chi connectivity index (χ2v) is 5.61. The van der Waals surface area contributed by atoms with Crippen LogP contribution in [-0.4, -0.2) is 58.1 Å². The van der Waals surface area contributed by atoms with Crippen molar-refractivity contribution < 1.29 is 9.32 Å². The number of piperidine rings is 1. The van der Waals surface area contributed by atoms with Gasteiger partial charge in [0.15, 0.2) is 0 Å². The van der Waals surface area contributed by atoms with E-state index in [-0.39, 0.29) is 11.9 Å². The van der Waals surface area contributed by atoms with Gasteiger partial charge in [0.2, 0.25) is 11.7 Å². The van der Waals surface area contributed by atoms with E-state index in [0.717, 1.165) is 12.8 Å². The lowest BCUT2D eigenvalue weighted by Gasteiger charge is -2.32. The van der Waals surface area contributed by atoms with E-state index in [9.17, 15) is 4.79 Å². The van der Waals surface area contributed by atoms with Gasteiger partial charge in [0.1, 0.15) is 5.69 Å². The molecule has 0 aromatic carbocycles. The fraction of sp³-hybridized carbons (Fsp3) is 0.467. The number of aromatic nitrogens is 3. The Bertz CT molecular complexity index is 632. The number of urea groups is 1. The Kier molecular flexibility index (Phi) is 4.04. The molecule has 3 heterocycles. The standard InChI is InChI=1S/C15H19N5O2/c1-19(2)15(21)20-9-6-11(7-10-20)14-17-13(18-22-14)12-5-3-4-8-16-12/h3-5,8,11H,6-7,9-10H2,1-2H3. The maximum atomic E-state index is 11.9. The molecule has 116 valence electrons. The summed E-state index contributed by atoms with van der Waals surface area (Å²) in [6.45, 7) is 1.42. The third kappa shape index (κ3) is 2.93. The monoisotopic (exact) mass is 301 g/mol. The van der Waals surface area contributed by atoms with E-state index in [1.807, 2.05) is 23.1 Å². The summed E-state index contributed by atoms with van der Waals surface area (Å²) in [5.41, 5.74) is 0.706. The maximum Gasteiger partial charge on any atom is 0.319 e. The number of likely N-dealkylation sites (tertiary alicyclic amines) is 1. The van der Waals surface area contributed by atoms with Crippen LogP contribution in [0.5, 0.6) is 0 Å². The smallest absolute Gasteiger partial charge is 0.319 e. The highest BCUT2D eigenvalue weighted by atomic mass is 16.5. The van der Waals surface area contributed by atoms with E-state index in [4.69, 9.17) is 4.52 Å². The first-order chi connectivity index (χ1) is 10.6. The maximum absolute atomic E-state index is 11.9. The van der Waals surface area contributed by atoms with Crippen LogP contribution in [0.25, 0.3) is 11.5 Å². The van der Waals surface area contributed by atoms with Gasteiger partial charge in [-0.25, -0.2) is 4.79 Å². The Balaban J connectivity index is 1.65. The molecule has 0 atom stereocenters. The number of rotatable bonds is 2. The zero-order chi connectivity index (χ0) is 15.5. The molecular weight excluding hydrogens is 282 g/mol. The number of hydrogen-bond donors (Lipinski definition) is 0. The minimum atomic E-state index is 0.0538. The predicted octanol–water partition coefficient (Wildman–Crippen LogP) is 1.99. The van der Waals surface area contributed by atoms with Crippen LogP contribution in [0.3, 0.4) is 0 Å². The molecule has 22 heavy (non-hydrogen) atoms. The molecule has 1 aliphatic heterocycles. The molecule has 0 aliphatic carbocycles. The summed E-state index contributed by atoms with van der Waals surface area (Å²) < 4.78 is 5.39. The summed E-state index contributed by atoms with van der Waals surface area (Å²) in [5, 5.41) is 4.01. The lowest BCUT2D eigenvalue weighted by atomic mass is 9.97. The zero-order valence-electron chi connectivity index (χ0n) is 12.8. The van der Waals surface area contributed by atoms with Crippen LogP contribution in [0.15, 0.2) is 28.9 Å². The predicted molar refractivity (Wildman–Crippen MR) is 80.2 cm³/mol. The van der Waals surface area contributed by atoms with Crippen molar-refractivity contribution in [3.63, 3.8) is 0 Å². The van der Waals surface area contributed by atoms with Crippen molar-refractivity contribution >= 4 is 6.03 Å². The number of nitrogens with zero attached hydrogens (tertiary/aromatic N) is 5. The van der Waals surface area contributed by atoms with E-state index in [2.05, 4.69) is 15.1 Å². The SMILES string of the molecule is CN(C)C(=O)N1CCC(c2nc(-c3ccccn3)no2)CC1. The summed E-state index contributed by atoms with van der Waals surface area (Å²) >= 11 is 0. The third-order valence-corrected chi connectivity index (χ3v) is 3.83. The second kappa shape index (κ2) is 6.13. The highest BCUT2D eigenvalue weighted by Crippen LogP contribution is 2.28. The molecule has 0 saturated carbocycles. The molecule has 0 bridgehead atoms. The Morgan fingerprint density at radius 2 is 2.09 bits per heavy atom. The van der Waals surface area contributed by atoms with Gasteiger partial charge in [-0.2, -0.15) is 4.98 Å². The highest BCUT2D eigenvalue weighted by Gasteiger charge is 2.28. The van der Waals surface area contributed by atoms with Crippen molar-refractivity contribution in [3.05, 3.63) is 30.3 Å². The molecule has 0 radical (unpaired) electrons. The highest BCUT2D eigenvalue weighted by molar-refractivity contribution is 5.73. The van der Waals surface area contributed by atoms with Gasteiger partial charge in [0.05, 0.1) is 0 Å². The minimum Gasteiger partial charge on any atom is -0.339 e. The van der Waals surface area contributed by atoms with E-state index < -0.39 is 0 Å². The van der Waals surface area contributed by atoms with Gasteiger partial charge in [-0.05, 0) is 25.0 Å². The summed E-state index contributed by atoms with van der Waals surface area (Å²) in [6, 6.07) is 5.65. The Labute approximate surface area is 128 Å². The lowest BCUT2D eigenvalue weighted by Crippen LogP contribution is -2.43. The van der Waals surface area contributed by atoms with Crippen LogP contribution < -0.4 is 0 Å². The summed E-state index contributed by atoms with van der Waals surface area (Å²) in [4.78, 5) is 24.1. The van der Waals surface area contributed by atoms with Crippen LogP contribution in [0, 0.1) is 0 Å². The van der Waals surface area contributed by atoms with E-state index in [1.165, 1.54) is 0 Å². The van der Waals surface area contributed by atoms with Gasteiger partial charge >= 0.3 is 6.03 Å². The second-order valence-electron chi connectivity index (χ2n) is 5.61. The number of carbonyl (C=O) groups excluding carboxylic acids is 1. The molecule has 7 heteroatoms. The number of carbonyl (C=O) groups is 1. The van der Waals surface area contributed by atoms with Crippen molar-refractivity contribution in [1.29, 1.82) is 0 Å². The van der Waals surface area contributed by atoms with Gasteiger partial charge < -0.3 is 14.3 Å². The van der Waals surface area contributed by atoms with Crippen LogP contribution in [0.4, 0.5) is 4.79 Å². The van der Waals surface area contributed by atoms with Gasteiger partial charge in [-0.3, -0.25) is 4.98 Å². The van der Waals surface area contributed by atoms with Crippen molar-refractivity contribution in [3.8, 4) is 11.5 Å². The van der Waals surface area contributed by atoms with Crippen molar-refractivity contribution in [2.45, 2.75) is 18.8 Å². The van der Waals surface area contributed by atoms with Gasteiger partial charge in [0, 0.05) is 39.3 Å². The lowest BCUT2D eigenvalue weighted by molar-refractivity contribution is 0.152. The van der Waals surface area contributed by atoms with Crippen LogP contribution in [0.1, 0.15) is 24.7 Å². The van der Waals surface area contributed by atoms with Gasteiger partial charge in [-0.15, -0.1) is 0 Å². The van der Waals surface area contributed by atoms with E-state index in [0.29, 0.717) is 30.5 Å². The fourth-order valence-corrected chi connectivity index (χ4v) is 2.60. The first kappa shape index (κ1) is 14.5. The molecule has 1 fully saturated rings. The third-order valence-electron chi connectivity index (χ3n) is 3.83. The molecule has 2 aromatic heterocycles. The summed E-state index contributed by atoms with van der Waals surface area (Å²) in [7, 11) is 3.54. The zero-order valence-corrected chi connectivity index (χ0v) is 12.8. The van der Waals surface area contributed by atoms with Crippen LogP contribution >= 0.6 is 0 Å². The quantitative estimate of drug-likeness (QED) is 0.848. The number of hydrogen-bond acceptors (Lipinski definition) is 5. The summed E-state index contributed by atoms with van der Waals surface area (Å²) in [6.07, 6.45) is 3.38. The molecule has 2 aromatic rings. The Morgan fingerprint density at radius 3 is 2.73 bits per heavy atom. The number of amides is 2. The van der Waals surface area contributed by atoms with Crippen molar-refractivity contribution in [1.82, 2.24) is 24.9 Å². The van der Waals surface area contributed by atoms with Crippen molar-refractivity contribution in [2.75, 3.05) is 27.2 Å². The molecule has 0 N–H and O–H groups in total. The number of pyridine rings is 1. The first-order valence-electron chi connectivity index (χ1n) is 7.36.